The lowest BCUT2D eigenvalue weighted by molar-refractivity contribution is -0.139. The summed E-state index contributed by atoms with van der Waals surface area (Å²) in [6.07, 6.45) is 3.58. The van der Waals surface area contributed by atoms with Crippen LogP contribution >= 0.6 is 11.3 Å². The van der Waals surface area contributed by atoms with Gasteiger partial charge in [-0.3, -0.25) is 14.5 Å². The summed E-state index contributed by atoms with van der Waals surface area (Å²) in [7, 11) is 1.34. The van der Waals surface area contributed by atoms with Gasteiger partial charge in [0.2, 0.25) is 5.95 Å². The van der Waals surface area contributed by atoms with Crippen LogP contribution in [0.15, 0.2) is 23.3 Å². The summed E-state index contributed by atoms with van der Waals surface area (Å²) in [5.41, 5.74) is 0.658. The molecule has 2 aromatic heterocycles. The minimum Gasteiger partial charge on any atom is -0.469 e. The molecule has 0 amide bonds. The first-order chi connectivity index (χ1) is 11.7. The first-order valence-electron chi connectivity index (χ1n) is 7.67. The van der Waals surface area contributed by atoms with E-state index in [4.69, 9.17) is 0 Å². The van der Waals surface area contributed by atoms with Crippen LogP contribution in [0.5, 0.6) is 0 Å². The zero-order chi connectivity index (χ0) is 16.9. The lowest BCUT2D eigenvalue weighted by atomic mass is 10.2. The topological polar surface area (TPSA) is 91.4 Å². The number of thiazole rings is 1. The molecular formula is C15H19N5O3S. The Kier molecular flexibility index (Phi) is 5.21. The molecule has 1 aliphatic heterocycles. The lowest BCUT2D eigenvalue weighted by Gasteiger charge is -2.34. The average molecular weight is 349 g/mol. The molecule has 0 unspecified atom stereocenters. The Morgan fingerprint density at radius 1 is 1.29 bits per heavy atom. The predicted octanol–water partition coefficient (Wildman–Crippen LogP) is 0.264. The van der Waals surface area contributed by atoms with E-state index in [0.29, 0.717) is 12.2 Å². The molecule has 8 nitrogen and oxygen atoms in total. The van der Waals surface area contributed by atoms with Crippen molar-refractivity contribution in [2.75, 3.05) is 38.2 Å². The highest BCUT2D eigenvalue weighted by Crippen LogP contribution is 2.16. The molecule has 0 atom stereocenters. The Morgan fingerprint density at radius 3 is 2.67 bits per heavy atom. The number of H-pyrrole nitrogens is 1. The van der Waals surface area contributed by atoms with E-state index in [0.717, 1.165) is 48.3 Å². The largest absolute Gasteiger partial charge is 0.469 e. The third kappa shape index (κ3) is 3.98. The molecule has 1 aliphatic rings. The lowest BCUT2D eigenvalue weighted by Crippen LogP contribution is -2.46. The van der Waals surface area contributed by atoms with Crippen molar-refractivity contribution in [3.63, 3.8) is 0 Å². The molecule has 0 saturated carbocycles. The summed E-state index contributed by atoms with van der Waals surface area (Å²) in [6, 6.07) is 1.80. The van der Waals surface area contributed by atoms with Gasteiger partial charge in [0.15, 0.2) is 0 Å². The average Bonchev–Trinajstić information content (AvgIpc) is 2.95. The van der Waals surface area contributed by atoms with Crippen LogP contribution < -0.4 is 9.77 Å². The molecule has 1 fully saturated rings. The molecule has 0 bridgehead atoms. The number of nitrogens with zero attached hydrogens (tertiary/aromatic N) is 4. The van der Waals surface area contributed by atoms with E-state index in [1.165, 1.54) is 7.11 Å². The summed E-state index contributed by atoms with van der Waals surface area (Å²) in [6.45, 7) is 4.01. The van der Waals surface area contributed by atoms with Crippen LogP contribution in [0, 0.1) is 0 Å². The van der Waals surface area contributed by atoms with Gasteiger partial charge < -0.3 is 14.6 Å². The van der Waals surface area contributed by atoms with Gasteiger partial charge in [0.1, 0.15) is 0 Å². The number of nitrogens with one attached hydrogen (secondary N) is 1. The number of aromatic nitrogens is 3. The Hall–Kier alpha value is -2.26. The van der Waals surface area contributed by atoms with Gasteiger partial charge in [-0.2, -0.15) is 0 Å². The second-order valence-corrected chi connectivity index (χ2v) is 6.55. The SMILES string of the molecule is COC(=O)Cc1[nH]c(=O)sc1CN1CCN(c2ncccn2)CC1. The van der Waals surface area contributed by atoms with E-state index < -0.39 is 0 Å². The minimum absolute atomic E-state index is 0.0996. The molecular weight excluding hydrogens is 330 g/mol. The molecule has 0 spiro atoms. The van der Waals surface area contributed by atoms with Crippen molar-refractivity contribution in [3.8, 4) is 0 Å². The summed E-state index contributed by atoms with van der Waals surface area (Å²) in [5.74, 6) is 0.395. The molecule has 1 saturated heterocycles. The Labute approximate surface area is 143 Å². The number of hydrogen-bond donors (Lipinski definition) is 1. The zero-order valence-corrected chi connectivity index (χ0v) is 14.2. The number of ether oxygens (including phenoxy) is 1. The number of hydrogen-bond acceptors (Lipinski definition) is 8. The molecule has 3 heterocycles. The Bertz CT molecular complexity index is 737. The maximum absolute atomic E-state index is 11.6. The third-order valence-electron chi connectivity index (χ3n) is 3.93. The molecule has 3 rings (SSSR count). The number of carbonyl (C=O) groups excluding carboxylic acids is 1. The van der Waals surface area contributed by atoms with Crippen LogP contribution in [0.25, 0.3) is 0 Å². The van der Waals surface area contributed by atoms with Crippen molar-refractivity contribution in [1.82, 2.24) is 19.9 Å². The second kappa shape index (κ2) is 7.54. The first kappa shape index (κ1) is 16.6. The van der Waals surface area contributed by atoms with Crippen LogP contribution in [0.1, 0.15) is 10.6 Å². The maximum Gasteiger partial charge on any atom is 0.311 e. The highest BCUT2D eigenvalue weighted by Gasteiger charge is 2.21. The van der Waals surface area contributed by atoms with Crippen molar-refractivity contribution >= 4 is 23.3 Å². The first-order valence-corrected chi connectivity index (χ1v) is 8.49. The van der Waals surface area contributed by atoms with Gasteiger partial charge in [0, 0.05) is 55.7 Å². The predicted molar refractivity (Wildman–Crippen MR) is 90.2 cm³/mol. The highest BCUT2D eigenvalue weighted by molar-refractivity contribution is 7.09. The molecule has 9 heteroatoms. The van der Waals surface area contributed by atoms with Crippen molar-refractivity contribution in [2.45, 2.75) is 13.0 Å². The van der Waals surface area contributed by atoms with E-state index in [2.05, 4.69) is 29.5 Å². The third-order valence-corrected chi connectivity index (χ3v) is 4.84. The van der Waals surface area contributed by atoms with E-state index in [9.17, 15) is 9.59 Å². The van der Waals surface area contributed by atoms with Gasteiger partial charge in [0.25, 0.3) is 0 Å². The zero-order valence-electron chi connectivity index (χ0n) is 13.4. The van der Waals surface area contributed by atoms with Crippen molar-refractivity contribution in [1.29, 1.82) is 0 Å². The van der Waals surface area contributed by atoms with Gasteiger partial charge in [-0.15, -0.1) is 0 Å². The standard InChI is InChI=1S/C15H19N5O3S/c1-23-13(21)9-11-12(24-15(22)18-11)10-19-5-7-20(8-6-19)14-16-3-2-4-17-14/h2-4H,5-10H2,1H3,(H,18,22). The number of esters is 1. The van der Waals surface area contributed by atoms with E-state index in [1.54, 1.807) is 18.5 Å². The molecule has 2 aromatic rings. The van der Waals surface area contributed by atoms with Gasteiger partial charge in [-0.25, -0.2) is 9.97 Å². The second-order valence-electron chi connectivity index (χ2n) is 5.48. The number of rotatable bonds is 5. The number of anilines is 1. The molecule has 128 valence electrons. The molecule has 0 aromatic carbocycles. The van der Waals surface area contributed by atoms with E-state index in [1.807, 2.05) is 0 Å². The van der Waals surface area contributed by atoms with Gasteiger partial charge in [-0.05, 0) is 6.07 Å². The molecule has 0 radical (unpaired) electrons. The number of piperazine rings is 1. The monoisotopic (exact) mass is 349 g/mol. The van der Waals surface area contributed by atoms with E-state index in [-0.39, 0.29) is 17.3 Å². The Balaban J connectivity index is 1.60. The smallest absolute Gasteiger partial charge is 0.311 e. The highest BCUT2D eigenvalue weighted by atomic mass is 32.1. The van der Waals surface area contributed by atoms with Crippen LogP contribution in [-0.4, -0.2) is 59.1 Å². The van der Waals surface area contributed by atoms with Crippen molar-refractivity contribution in [3.05, 3.63) is 38.7 Å². The molecule has 0 aliphatic carbocycles. The minimum atomic E-state index is -0.351. The maximum atomic E-state index is 11.6. The van der Waals surface area contributed by atoms with Crippen molar-refractivity contribution < 1.29 is 9.53 Å². The van der Waals surface area contributed by atoms with Gasteiger partial charge >= 0.3 is 10.8 Å². The summed E-state index contributed by atoms with van der Waals surface area (Å²) in [4.78, 5) is 39.5. The van der Waals surface area contributed by atoms with Crippen LogP contribution in [0.3, 0.4) is 0 Å². The molecule has 24 heavy (non-hydrogen) atoms. The van der Waals surface area contributed by atoms with Crippen molar-refractivity contribution in [2.24, 2.45) is 0 Å². The van der Waals surface area contributed by atoms with Gasteiger partial charge in [-0.1, -0.05) is 11.3 Å². The number of methoxy groups -OCH3 is 1. The molecule has 1 N–H and O–H groups in total. The Morgan fingerprint density at radius 2 is 2.00 bits per heavy atom. The fourth-order valence-corrected chi connectivity index (χ4v) is 3.53. The quantitative estimate of drug-likeness (QED) is 0.775. The fourth-order valence-electron chi connectivity index (χ4n) is 2.64. The van der Waals surface area contributed by atoms with Crippen LogP contribution in [-0.2, 0) is 22.5 Å². The number of carbonyl (C=O) groups is 1. The summed E-state index contributed by atoms with van der Waals surface area (Å²) >= 11 is 1.16. The number of aromatic amines is 1. The fraction of sp³-hybridized carbons (Fsp3) is 0.467. The van der Waals surface area contributed by atoms with Crippen LogP contribution in [0.2, 0.25) is 0 Å². The van der Waals surface area contributed by atoms with Crippen LogP contribution in [0.4, 0.5) is 5.95 Å². The normalized spacial score (nSPS) is 15.5. The van der Waals surface area contributed by atoms with E-state index >= 15 is 0 Å². The summed E-state index contributed by atoms with van der Waals surface area (Å²) in [5, 5.41) is 0. The summed E-state index contributed by atoms with van der Waals surface area (Å²) < 4.78 is 4.68. The van der Waals surface area contributed by atoms with Gasteiger partial charge in [0.05, 0.1) is 13.5 Å².